The number of ether oxygens (including phenoxy) is 1. The molecule has 9 heteroatoms. The van der Waals surface area contributed by atoms with E-state index in [9.17, 15) is 14.3 Å². The van der Waals surface area contributed by atoms with E-state index in [2.05, 4.69) is 15.3 Å². The molecule has 2 fully saturated rings. The fourth-order valence-corrected chi connectivity index (χ4v) is 4.32. The predicted octanol–water partition coefficient (Wildman–Crippen LogP) is 2.29. The van der Waals surface area contributed by atoms with Gasteiger partial charge < -0.3 is 25.0 Å². The lowest BCUT2D eigenvalue weighted by Gasteiger charge is -2.22. The summed E-state index contributed by atoms with van der Waals surface area (Å²) < 4.78 is 20.6. The quantitative estimate of drug-likeness (QED) is 0.679. The van der Waals surface area contributed by atoms with E-state index in [0.29, 0.717) is 31.4 Å². The number of hydrogen-bond acceptors (Lipinski definition) is 7. The van der Waals surface area contributed by atoms with E-state index in [1.807, 2.05) is 41.0 Å². The Morgan fingerprint density at radius 1 is 1.25 bits per heavy atom. The van der Waals surface area contributed by atoms with Crippen LogP contribution in [-0.4, -0.2) is 59.9 Å². The number of aliphatic hydroxyl groups excluding tert-OH is 1. The molecule has 0 bridgehead atoms. The average Bonchev–Trinajstić information content (AvgIpc) is 3.44. The molecule has 8 nitrogen and oxygen atoms in total. The molecule has 1 aromatic carbocycles. The van der Waals surface area contributed by atoms with Gasteiger partial charge in [0.05, 0.1) is 18.8 Å². The molecule has 0 radical (unpaired) electrons. The first-order valence-corrected chi connectivity index (χ1v) is 11.1. The summed E-state index contributed by atoms with van der Waals surface area (Å²) in [7, 11) is 0. The van der Waals surface area contributed by atoms with Crippen molar-refractivity contribution < 1.29 is 19.0 Å². The number of aliphatic hydroxyl groups is 1. The summed E-state index contributed by atoms with van der Waals surface area (Å²) in [6, 6.07) is 7.60. The number of amides is 1. The number of halogens is 1. The highest BCUT2D eigenvalue weighted by Crippen LogP contribution is 2.28. The molecule has 2 aliphatic rings. The highest BCUT2D eigenvalue weighted by atomic mass is 19.1. The van der Waals surface area contributed by atoms with Gasteiger partial charge in [-0.1, -0.05) is 12.1 Å². The number of carbonyl (C=O) groups is 1. The fraction of sp³-hybridized carbons (Fsp3) is 0.522. The van der Waals surface area contributed by atoms with Gasteiger partial charge in [-0.2, -0.15) is 4.98 Å². The molecule has 3 heterocycles. The molecule has 2 aromatic rings. The van der Waals surface area contributed by atoms with E-state index in [1.165, 1.54) is 13.1 Å². The SMILES string of the molecule is CC(=O)N[C@@H](C)c1ccc(O[C@@H]2CCN(c3nc(N4CCC(CO)C4)ncc3F)C2)cc1. The number of nitrogens with one attached hydrogen (secondary N) is 1. The summed E-state index contributed by atoms with van der Waals surface area (Å²) in [6.45, 7) is 6.21. The first kappa shape index (κ1) is 22.3. The summed E-state index contributed by atoms with van der Waals surface area (Å²) >= 11 is 0. The summed E-state index contributed by atoms with van der Waals surface area (Å²) in [6.07, 6.45) is 2.80. The van der Waals surface area contributed by atoms with Crippen LogP contribution in [-0.2, 0) is 4.79 Å². The summed E-state index contributed by atoms with van der Waals surface area (Å²) in [5, 5.41) is 12.2. The minimum absolute atomic E-state index is 0.0677. The minimum Gasteiger partial charge on any atom is -0.489 e. The van der Waals surface area contributed by atoms with E-state index in [0.717, 1.165) is 30.7 Å². The van der Waals surface area contributed by atoms with E-state index < -0.39 is 5.82 Å². The molecule has 32 heavy (non-hydrogen) atoms. The molecular weight excluding hydrogens is 413 g/mol. The van der Waals surface area contributed by atoms with Crippen LogP contribution in [0.25, 0.3) is 0 Å². The van der Waals surface area contributed by atoms with Crippen LogP contribution in [0.15, 0.2) is 30.5 Å². The van der Waals surface area contributed by atoms with Gasteiger partial charge in [0.2, 0.25) is 11.9 Å². The van der Waals surface area contributed by atoms with Crippen LogP contribution in [0.4, 0.5) is 16.2 Å². The highest BCUT2D eigenvalue weighted by molar-refractivity contribution is 5.73. The topological polar surface area (TPSA) is 90.8 Å². The first-order valence-electron chi connectivity index (χ1n) is 11.1. The van der Waals surface area contributed by atoms with Crippen LogP contribution >= 0.6 is 0 Å². The van der Waals surface area contributed by atoms with Crippen molar-refractivity contribution in [1.82, 2.24) is 15.3 Å². The lowest BCUT2D eigenvalue weighted by Crippen LogP contribution is -2.28. The van der Waals surface area contributed by atoms with Crippen LogP contribution in [0.5, 0.6) is 5.75 Å². The second-order valence-corrected chi connectivity index (χ2v) is 8.59. The van der Waals surface area contributed by atoms with Gasteiger partial charge in [-0.3, -0.25) is 4.79 Å². The van der Waals surface area contributed by atoms with Crippen molar-refractivity contribution in [3.8, 4) is 5.75 Å². The standard InChI is InChI=1S/C23H30FN5O3/c1-15(26-16(2)31)18-3-5-19(6-4-18)32-20-8-10-28(13-20)22-21(24)11-25-23(27-22)29-9-7-17(12-29)14-30/h3-6,11,15,17,20,30H,7-10,12-14H2,1-2H3,(H,26,31)/t15-,17?,20+/m0/s1. The van der Waals surface area contributed by atoms with Gasteiger partial charge in [-0.15, -0.1) is 0 Å². The van der Waals surface area contributed by atoms with E-state index in [-0.39, 0.29) is 30.6 Å². The number of aromatic nitrogens is 2. The largest absolute Gasteiger partial charge is 0.489 e. The lowest BCUT2D eigenvalue weighted by molar-refractivity contribution is -0.119. The Kier molecular flexibility index (Phi) is 6.74. The van der Waals surface area contributed by atoms with Gasteiger partial charge in [-0.25, -0.2) is 9.37 Å². The monoisotopic (exact) mass is 443 g/mol. The van der Waals surface area contributed by atoms with Crippen LogP contribution in [0.2, 0.25) is 0 Å². The van der Waals surface area contributed by atoms with Crippen LogP contribution in [0.3, 0.4) is 0 Å². The van der Waals surface area contributed by atoms with Crippen molar-refractivity contribution in [2.45, 2.75) is 38.8 Å². The Bertz CT molecular complexity index is 942. The molecule has 1 unspecified atom stereocenters. The molecule has 1 amide bonds. The number of carbonyl (C=O) groups excluding carboxylic acids is 1. The molecule has 0 spiro atoms. The zero-order valence-electron chi connectivity index (χ0n) is 18.5. The van der Waals surface area contributed by atoms with Crippen molar-refractivity contribution in [1.29, 1.82) is 0 Å². The van der Waals surface area contributed by atoms with Crippen LogP contribution in [0.1, 0.15) is 38.3 Å². The normalized spacial score (nSPS) is 21.6. The third-order valence-corrected chi connectivity index (χ3v) is 6.09. The molecule has 0 saturated carbocycles. The van der Waals surface area contributed by atoms with Gasteiger partial charge in [0.1, 0.15) is 11.9 Å². The molecule has 3 atom stereocenters. The van der Waals surface area contributed by atoms with Crippen LogP contribution < -0.4 is 19.9 Å². The molecule has 2 N–H and O–H groups in total. The van der Waals surface area contributed by atoms with Crippen molar-refractivity contribution in [3.05, 3.63) is 41.8 Å². The fourth-order valence-electron chi connectivity index (χ4n) is 4.32. The maximum Gasteiger partial charge on any atom is 0.227 e. The number of nitrogens with zero attached hydrogens (tertiary/aromatic N) is 4. The Labute approximate surface area is 187 Å². The average molecular weight is 444 g/mol. The molecule has 172 valence electrons. The Morgan fingerprint density at radius 2 is 2.00 bits per heavy atom. The first-order chi connectivity index (χ1) is 15.4. The van der Waals surface area contributed by atoms with Gasteiger partial charge >= 0.3 is 0 Å². The van der Waals surface area contributed by atoms with Crippen LogP contribution in [0, 0.1) is 11.7 Å². The van der Waals surface area contributed by atoms with E-state index in [1.54, 1.807) is 0 Å². The van der Waals surface area contributed by atoms with Gasteiger partial charge in [0.25, 0.3) is 0 Å². The maximum atomic E-state index is 14.5. The third-order valence-electron chi connectivity index (χ3n) is 6.09. The van der Waals surface area contributed by atoms with Crippen molar-refractivity contribution in [3.63, 3.8) is 0 Å². The number of benzene rings is 1. The molecule has 0 aliphatic carbocycles. The van der Waals surface area contributed by atoms with Gasteiger partial charge in [0.15, 0.2) is 11.6 Å². The van der Waals surface area contributed by atoms with Crippen molar-refractivity contribution in [2.24, 2.45) is 5.92 Å². The molecule has 1 aromatic heterocycles. The predicted molar refractivity (Wildman–Crippen MR) is 119 cm³/mol. The minimum atomic E-state index is -0.441. The second kappa shape index (κ2) is 9.68. The Hall–Kier alpha value is -2.94. The third kappa shape index (κ3) is 5.09. The zero-order chi connectivity index (χ0) is 22.7. The Morgan fingerprint density at radius 3 is 2.69 bits per heavy atom. The number of rotatable bonds is 7. The molecule has 2 aliphatic heterocycles. The van der Waals surface area contributed by atoms with Crippen molar-refractivity contribution in [2.75, 3.05) is 42.6 Å². The Balaban J connectivity index is 1.37. The summed E-state index contributed by atoms with van der Waals surface area (Å²) in [5.74, 6) is 1.25. The molecular formula is C23H30FN5O3. The summed E-state index contributed by atoms with van der Waals surface area (Å²) in [5.41, 5.74) is 1.00. The van der Waals surface area contributed by atoms with Crippen molar-refractivity contribution >= 4 is 17.7 Å². The number of anilines is 2. The molecule has 4 rings (SSSR count). The van der Waals surface area contributed by atoms with Gasteiger partial charge in [0, 0.05) is 45.5 Å². The number of hydrogen-bond donors (Lipinski definition) is 2. The van der Waals surface area contributed by atoms with E-state index >= 15 is 0 Å². The van der Waals surface area contributed by atoms with Gasteiger partial charge in [-0.05, 0) is 31.0 Å². The smallest absolute Gasteiger partial charge is 0.227 e. The molecule has 2 saturated heterocycles. The second-order valence-electron chi connectivity index (χ2n) is 8.59. The van der Waals surface area contributed by atoms with E-state index in [4.69, 9.17) is 4.74 Å². The lowest BCUT2D eigenvalue weighted by atomic mass is 10.1. The zero-order valence-corrected chi connectivity index (χ0v) is 18.5. The summed E-state index contributed by atoms with van der Waals surface area (Å²) in [4.78, 5) is 23.8. The highest BCUT2D eigenvalue weighted by Gasteiger charge is 2.29. The maximum absolute atomic E-state index is 14.5.